The van der Waals surface area contributed by atoms with Crippen molar-refractivity contribution < 1.29 is 0 Å². The second-order valence-electron chi connectivity index (χ2n) is 16.1. The third-order valence-corrected chi connectivity index (χ3v) is 12.8. The van der Waals surface area contributed by atoms with Crippen molar-refractivity contribution in [2.24, 2.45) is 0 Å². The number of hydrogen-bond donors (Lipinski definition) is 2. The van der Waals surface area contributed by atoms with Crippen LogP contribution in [0.1, 0.15) is 39.8 Å². The molecule has 2 heteroatoms. The average Bonchev–Trinajstić information content (AvgIpc) is 3.61. The first-order chi connectivity index (χ1) is 29.6. The zero-order valence-electron chi connectivity index (χ0n) is 33.3. The lowest BCUT2D eigenvalue weighted by Crippen LogP contribution is -2.30. The van der Waals surface area contributed by atoms with Gasteiger partial charge in [0.25, 0.3) is 0 Å². The first-order valence-electron chi connectivity index (χ1n) is 20.8. The number of hydrogen-bond acceptors (Lipinski definition) is 2. The summed E-state index contributed by atoms with van der Waals surface area (Å²) < 4.78 is 0. The Kier molecular flexibility index (Phi) is 8.53. The van der Waals surface area contributed by atoms with Crippen LogP contribution in [0.15, 0.2) is 206 Å². The summed E-state index contributed by atoms with van der Waals surface area (Å²) in [7, 11) is 0. The van der Waals surface area contributed by atoms with Crippen LogP contribution in [0.3, 0.4) is 0 Å². The highest BCUT2D eigenvalue weighted by molar-refractivity contribution is 6.14. The Morgan fingerprint density at radius 2 is 1.13 bits per heavy atom. The van der Waals surface area contributed by atoms with E-state index in [1.54, 1.807) is 0 Å². The number of benzene rings is 8. The molecular formula is C58H42N2. The standard InChI is InChI=1S/C58H42N2/c1-38-35-52-47-21-8-7-19-45(47)44-18-5-6-20-46(44)48(52)33-34-58(53-24-12-9-17-43(38)53)54-25-13-10-22-49(54)50-32-27-39(36-55(50)58)37-60-57(51-23-11-14-26-56(51)59)42-30-28-41(29-31-42)40-15-3-2-4-16-40/h2-33,35-36,59-60H,1,34,37H2/b48-33-,52-35-,57-51-,59-56?. The second kappa shape index (κ2) is 14.4. The zero-order chi connectivity index (χ0) is 40.2. The number of rotatable bonds is 5. The second-order valence-corrected chi connectivity index (χ2v) is 16.1. The van der Waals surface area contributed by atoms with Gasteiger partial charge < -0.3 is 10.7 Å². The molecule has 2 N–H and O–H groups in total. The predicted octanol–water partition coefficient (Wildman–Crippen LogP) is 12.3. The van der Waals surface area contributed by atoms with Gasteiger partial charge in [0.05, 0.1) is 16.8 Å². The molecule has 0 heterocycles. The summed E-state index contributed by atoms with van der Waals surface area (Å²) in [5.41, 5.74) is 15.1. The van der Waals surface area contributed by atoms with Crippen LogP contribution in [0.25, 0.3) is 67.2 Å². The number of fused-ring (bicyclic) bond motifs is 13. The number of nitrogens with one attached hydrogen (secondary N) is 2. The maximum Gasteiger partial charge on any atom is 0.0633 e. The van der Waals surface area contributed by atoms with Gasteiger partial charge in [0.1, 0.15) is 0 Å². The van der Waals surface area contributed by atoms with Crippen molar-refractivity contribution in [3.05, 3.63) is 250 Å². The van der Waals surface area contributed by atoms with E-state index in [2.05, 4.69) is 181 Å². The molecule has 0 bridgehead atoms. The van der Waals surface area contributed by atoms with Crippen molar-refractivity contribution in [1.82, 2.24) is 5.32 Å². The molecule has 3 aliphatic rings. The van der Waals surface area contributed by atoms with Gasteiger partial charge in [0.15, 0.2) is 0 Å². The van der Waals surface area contributed by atoms with Crippen molar-refractivity contribution in [1.29, 1.82) is 5.41 Å². The van der Waals surface area contributed by atoms with Crippen molar-refractivity contribution in [3.8, 4) is 22.3 Å². The summed E-state index contributed by atoms with van der Waals surface area (Å²) >= 11 is 0. The zero-order valence-corrected chi connectivity index (χ0v) is 33.3. The highest BCUT2D eigenvalue weighted by Gasteiger charge is 2.45. The monoisotopic (exact) mass is 766 g/mol. The van der Waals surface area contributed by atoms with Gasteiger partial charge in [-0.05, 0) is 112 Å². The Morgan fingerprint density at radius 1 is 0.550 bits per heavy atom. The lowest BCUT2D eigenvalue weighted by atomic mass is 9.68. The molecule has 0 aromatic heterocycles. The molecule has 0 aliphatic heterocycles. The quantitative estimate of drug-likeness (QED) is 0.168. The van der Waals surface area contributed by atoms with Crippen molar-refractivity contribution in [2.75, 3.05) is 0 Å². The summed E-state index contributed by atoms with van der Waals surface area (Å²) in [6.07, 6.45) is 13.5. The highest BCUT2D eigenvalue weighted by Crippen LogP contribution is 2.56. The molecule has 1 unspecified atom stereocenters. The predicted molar refractivity (Wildman–Crippen MR) is 253 cm³/mol. The molecule has 0 radical (unpaired) electrons. The maximum atomic E-state index is 8.93. The van der Waals surface area contributed by atoms with Crippen LogP contribution in [0.2, 0.25) is 0 Å². The van der Waals surface area contributed by atoms with E-state index in [0.29, 0.717) is 12.3 Å². The molecule has 3 aliphatic carbocycles. The lowest BCUT2D eigenvalue weighted by Gasteiger charge is -2.34. The third kappa shape index (κ3) is 5.67. The average molecular weight is 767 g/mol. The van der Waals surface area contributed by atoms with Crippen LogP contribution in [-0.2, 0) is 12.0 Å². The highest BCUT2D eigenvalue weighted by atomic mass is 14.9. The summed E-state index contributed by atoms with van der Waals surface area (Å²) in [6, 6.07) is 61.9. The number of allylic oxidation sites excluding steroid dienone is 6. The molecule has 0 saturated carbocycles. The normalized spacial score (nSPS) is 18.3. The van der Waals surface area contributed by atoms with Gasteiger partial charge in [-0.25, -0.2) is 0 Å². The van der Waals surface area contributed by atoms with Gasteiger partial charge in [-0.2, -0.15) is 0 Å². The first kappa shape index (κ1) is 35.6. The van der Waals surface area contributed by atoms with Gasteiger partial charge in [0.2, 0.25) is 0 Å². The van der Waals surface area contributed by atoms with E-state index in [1.165, 1.54) is 76.5 Å². The molecule has 1 atom stereocenters. The molecule has 284 valence electrons. The molecule has 2 nitrogen and oxygen atoms in total. The Balaban J connectivity index is 1.08. The maximum absolute atomic E-state index is 8.93. The summed E-state index contributed by atoms with van der Waals surface area (Å²) in [5, 5.41) is 20.3. The van der Waals surface area contributed by atoms with Gasteiger partial charge in [-0.1, -0.05) is 201 Å². The molecule has 0 amide bonds. The van der Waals surface area contributed by atoms with Crippen LogP contribution in [0.4, 0.5) is 0 Å². The first-order valence-corrected chi connectivity index (χ1v) is 20.8. The van der Waals surface area contributed by atoms with E-state index >= 15 is 0 Å². The Bertz CT molecular complexity index is 3310. The fourth-order valence-electron chi connectivity index (χ4n) is 10.1. The van der Waals surface area contributed by atoms with Crippen LogP contribution < -0.4 is 15.8 Å². The minimum Gasteiger partial charge on any atom is -0.380 e. The van der Waals surface area contributed by atoms with Gasteiger partial charge in [-0.3, -0.25) is 0 Å². The van der Waals surface area contributed by atoms with Gasteiger partial charge in [-0.15, -0.1) is 0 Å². The van der Waals surface area contributed by atoms with Crippen LogP contribution in [0.5, 0.6) is 0 Å². The minimum absolute atomic E-state index is 0.475. The summed E-state index contributed by atoms with van der Waals surface area (Å²) in [6.45, 7) is 5.40. The van der Waals surface area contributed by atoms with E-state index in [0.717, 1.165) is 34.4 Å². The fourth-order valence-corrected chi connectivity index (χ4v) is 10.1. The van der Waals surface area contributed by atoms with E-state index in [4.69, 9.17) is 12.0 Å². The largest absolute Gasteiger partial charge is 0.380 e. The van der Waals surface area contributed by atoms with E-state index in [1.807, 2.05) is 30.4 Å². The molecule has 60 heavy (non-hydrogen) atoms. The lowest BCUT2D eigenvalue weighted by molar-refractivity contribution is 0.658. The molecule has 8 aromatic rings. The van der Waals surface area contributed by atoms with Crippen LogP contribution >= 0.6 is 0 Å². The topological polar surface area (TPSA) is 35.9 Å². The Labute approximate surface area is 350 Å². The van der Waals surface area contributed by atoms with Gasteiger partial charge >= 0.3 is 0 Å². The molecule has 1 spiro atoms. The minimum atomic E-state index is -0.475. The fraction of sp³-hybridized carbons (Fsp3) is 0.0517. The molecular weight excluding hydrogens is 725 g/mol. The smallest absolute Gasteiger partial charge is 0.0633 e. The molecule has 0 fully saturated rings. The van der Waals surface area contributed by atoms with Crippen LogP contribution in [0, 0.1) is 5.41 Å². The Morgan fingerprint density at radius 3 is 1.87 bits per heavy atom. The summed E-state index contributed by atoms with van der Waals surface area (Å²) in [4.78, 5) is 0. The van der Waals surface area contributed by atoms with E-state index < -0.39 is 5.41 Å². The molecule has 0 saturated heterocycles. The van der Waals surface area contributed by atoms with Gasteiger partial charge in [0, 0.05) is 12.1 Å². The van der Waals surface area contributed by atoms with Crippen LogP contribution in [-0.4, -0.2) is 5.71 Å². The van der Waals surface area contributed by atoms with E-state index in [9.17, 15) is 0 Å². The Hall–Kier alpha value is -7.55. The van der Waals surface area contributed by atoms with Crippen molar-refractivity contribution >= 4 is 50.7 Å². The van der Waals surface area contributed by atoms with Crippen molar-refractivity contribution in [3.63, 3.8) is 0 Å². The molecule has 8 aromatic carbocycles. The van der Waals surface area contributed by atoms with E-state index in [-0.39, 0.29) is 0 Å². The SMILES string of the molecule is C=C1/C=c2\c(c3ccccc3c3ccccc23)=C/CC2(c3ccccc31)c1ccccc1-c1ccc(CN/C(=C3/C=CC=CC3=N)c3ccc(-c4ccccc4)cc3)cc12. The molecule has 11 rings (SSSR count). The third-order valence-electron chi connectivity index (χ3n) is 12.8. The summed E-state index contributed by atoms with van der Waals surface area (Å²) in [5.74, 6) is 0. The van der Waals surface area contributed by atoms with Crippen molar-refractivity contribution in [2.45, 2.75) is 18.4 Å².